The lowest BCUT2D eigenvalue weighted by Crippen LogP contribution is -2.36. The molecule has 0 radical (unpaired) electrons. The van der Waals surface area contributed by atoms with Crippen molar-refractivity contribution in [3.63, 3.8) is 0 Å². The summed E-state index contributed by atoms with van der Waals surface area (Å²) in [6, 6.07) is 0.209. The van der Waals surface area contributed by atoms with Gasteiger partial charge in [0.05, 0.1) is 13.3 Å². The molecule has 0 aliphatic carbocycles. The van der Waals surface area contributed by atoms with E-state index in [1.807, 2.05) is 6.92 Å². The van der Waals surface area contributed by atoms with Gasteiger partial charge in [0.2, 0.25) is 0 Å². The first-order valence-electron chi connectivity index (χ1n) is 7.48. The first kappa shape index (κ1) is 19.4. The summed E-state index contributed by atoms with van der Waals surface area (Å²) in [5.74, 6) is 0.835. The van der Waals surface area contributed by atoms with E-state index in [4.69, 9.17) is 4.52 Å². The van der Waals surface area contributed by atoms with Crippen molar-refractivity contribution in [3.05, 3.63) is 17.5 Å². The molecule has 1 N–H and O–H groups in total. The van der Waals surface area contributed by atoms with Gasteiger partial charge in [0, 0.05) is 24.7 Å². The average molecular weight is 299 g/mol. The lowest BCUT2D eigenvalue weighted by atomic mass is 10.1. The van der Waals surface area contributed by atoms with Crippen LogP contribution in [0.5, 0.6) is 0 Å². The highest BCUT2D eigenvalue weighted by Gasteiger charge is 2.18. The fourth-order valence-electron chi connectivity index (χ4n) is 1.90. The molecule has 6 nitrogen and oxygen atoms in total. The molecule has 0 spiro atoms. The van der Waals surface area contributed by atoms with E-state index in [1.54, 1.807) is 6.20 Å². The second kappa shape index (κ2) is 11.1. The van der Waals surface area contributed by atoms with Crippen LogP contribution >= 0.6 is 0 Å². The number of aryl methyl sites for hydroxylation is 1. The molecule has 0 fully saturated rings. The van der Waals surface area contributed by atoms with Crippen LogP contribution < -0.4 is 5.32 Å². The predicted molar refractivity (Wildman–Crippen MR) is 83.3 cm³/mol. The molecule has 0 aliphatic rings. The van der Waals surface area contributed by atoms with Crippen molar-refractivity contribution < 1.29 is 14.1 Å². The smallest absolute Gasteiger partial charge is 0.406 e. The van der Waals surface area contributed by atoms with Crippen LogP contribution in [0, 0.1) is 6.92 Å². The van der Waals surface area contributed by atoms with Crippen LogP contribution in [0.4, 0.5) is 4.79 Å². The van der Waals surface area contributed by atoms with E-state index < -0.39 is 6.09 Å². The zero-order valence-electron chi connectivity index (χ0n) is 14.1. The van der Waals surface area contributed by atoms with Gasteiger partial charge in [-0.3, -0.25) is 4.90 Å². The lowest BCUT2D eigenvalue weighted by molar-refractivity contribution is 0.165. The monoisotopic (exact) mass is 299 g/mol. The number of hydrogen-bond donors (Lipinski definition) is 1. The minimum Gasteiger partial charge on any atom is -0.453 e. The molecule has 0 saturated heterocycles. The van der Waals surface area contributed by atoms with Crippen molar-refractivity contribution in [3.8, 4) is 0 Å². The van der Waals surface area contributed by atoms with Crippen molar-refractivity contribution in [1.29, 1.82) is 0 Å². The molecule has 0 saturated carbocycles. The summed E-state index contributed by atoms with van der Waals surface area (Å²) in [5.41, 5.74) is 1.08. The average Bonchev–Trinajstić information content (AvgIpc) is 2.89. The van der Waals surface area contributed by atoms with Gasteiger partial charge in [0.1, 0.15) is 5.76 Å². The second-order valence-electron chi connectivity index (χ2n) is 4.77. The number of carbonyl (C=O) groups excluding carboxylic acids is 1. The number of amides is 1. The SMILES string of the molecule is CCC.CCN(CCNC(=O)OC)C(C)c1cnoc1C. The van der Waals surface area contributed by atoms with E-state index >= 15 is 0 Å². The third-order valence-electron chi connectivity index (χ3n) is 3.05. The van der Waals surface area contributed by atoms with Crippen molar-refractivity contribution in [1.82, 2.24) is 15.4 Å². The van der Waals surface area contributed by atoms with Gasteiger partial charge in [0.15, 0.2) is 0 Å². The highest BCUT2D eigenvalue weighted by atomic mass is 16.5. The molecule has 0 bridgehead atoms. The molecule has 0 aromatic carbocycles. The fraction of sp³-hybridized carbons (Fsp3) is 0.733. The van der Waals surface area contributed by atoms with Crippen molar-refractivity contribution in [2.75, 3.05) is 26.7 Å². The number of methoxy groups -OCH3 is 1. The molecular weight excluding hydrogens is 270 g/mol. The van der Waals surface area contributed by atoms with E-state index in [-0.39, 0.29) is 6.04 Å². The Morgan fingerprint density at radius 1 is 1.48 bits per heavy atom. The first-order chi connectivity index (χ1) is 10.0. The molecule has 122 valence electrons. The molecular formula is C15H29N3O3. The van der Waals surface area contributed by atoms with Crippen LogP contribution in [0.2, 0.25) is 0 Å². The number of hydrogen-bond acceptors (Lipinski definition) is 5. The summed E-state index contributed by atoms with van der Waals surface area (Å²) in [6.45, 7) is 12.5. The molecule has 0 aliphatic heterocycles. The Morgan fingerprint density at radius 3 is 2.52 bits per heavy atom. The van der Waals surface area contributed by atoms with Gasteiger partial charge in [-0.15, -0.1) is 0 Å². The summed E-state index contributed by atoms with van der Waals surface area (Å²) < 4.78 is 9.60. The summed E-state index contributed by atoms with van der Waals surface area (Å²) >= 11 is 0. The Morgan fingerprint density at radius 2 is 2.10 bits per heavy atom. The Bertz CT molecular complexity index is 393. The van der Waals surface area contributed by atoms with Crippen molar-refractivity contribution in [2.45, 2.75) is 47.1 Å². The number of aromatic nitrogens is 1. The van der Waals surface area contributed by atoms with Gasteiger partial charge >= 0.3 is 6.09 Å². The number of nitrogens with zero attached hydrogens (tertiary/aromatic N) is 2. The van der Waals surface area contributed by atoms with E-state index in [0.29, 0.717) is 6.54 Å². The zero-order valence-corrected chi connectivity index (χ0v) is 14.1. The molecule has 1 amide bonds. The molecule has 1 rings (SSSR count). The third kappa shape index (κ3) is 7.13. The molecule has 1 aromatic rings. The number of ether oxygens (including phenoxy) is 1. The number of nitrogens with one attached hydrogen (secondary N) is 1. The van der Waals surface area contributed by atoms with Crippen LogP contribution in [0.3, 0.4) is 0 Å². The molecule has 1 aromatic heterocycles. The topological polar surface area (TPSA) is 67.6 Å². The maximum atomic E-state index is 11.0. The Balaban J connectivity index is 0.00000122. The third-order valence-corrected chi connectivity index (χ3v) is 3.05. The highest BCUT2D eigenvalue weighted by Crippen LogP contribution is 2.22. The van der Waals surface area contributed by atoms with Gasteiger partial charge in [-0.1, -0.05) is 32.3 Å². The van der Waals surface area contributed by atoms with Gasteiger partial charge in [-0.25, -0.2) is 4.79 Å². The van der Waals surface area contributed by atoms with Gasteiger partial charge in [-0.05, 0) is 20.4 Å². The van der Waals surface area contributed by atoms with Gasteiger partial charge in [-0.2, -0.15) is 0 Å². The minimum atomic E-state index is -0.403. The summed E-state index contributed by atoms with van der Waals surface area (Å²) in [4.78, 5) is 13.2. The normalized spacial score (nSPS) is 11.6. The van der Waals surface area contributed by atoms with E-state index in [0.717, 1.165) is 24.4 Å². The summed E-state index contributed by atoms with van der Waals surface area (Å²) in [6.07, 6.45) is 2.59. The molecule has 1 heterocycles. The van der Waals surface area contributed by atoms with Crippen LogP contribution in [-0.2, 0) is 4.74 Å². The quantitative estimate of drug-likeness (QED) is 0.874. The second-order valence-corrected chi connectivity index (χ2v) is 4.77. The number of likely N-dealkylation sites (N-methyl/N-ethyl adjacent to an activating group) is 1. The molecule has 1 atom stereocenters. The maximum Gasteiger partial charge on any atom is 0.406 e. The molecule has 21 heavy (non-hydrogen) atoms. The van der Waals surface area contributed by atoms with Gasteiger partial charge in [0.25, 0.3) is 0 Å². The summed E-state index contributed by atoms with van der Waals surface area (Å²) in [7, 11) is 1.36. The lowest BCUT2D eigenvalue weighted by Gasteiger charge is -2.27. The largest absolute Gasteiger partial charge is 0.453 e. The summed E-state index contributed by atoms with van der Waals surface area (Å²) in [5, 5.41) is 6.46. The Kier molecular flexibility index (Phi) is 10.3. The van der Waals surface area contributed by atoms with Crippen LogP contribution in [-0.4, -0.2) is 42.9 Å². The van der Waals surface area contributed by atoms with E-state index in [2.05, 4.69) is 47.8 Å². The molecule has 1 unspecified atom stereocenters. The first-order valence-corrected chi connectivity index (χ1v) is 7.48. The number of rotatable bonds is 6. The van der Waals surface area contributed by atoms with Crippen molar-refractivity contribution >= 4 is 6.09 Å². The Hall–Kier alpha value is -1.56. The fourth-order valence-corrected chi connectivity index (χ4v) is 1.90. The van der Waals surface area contributed by atoms with Gasteiger partial charge < -0.3 is 14.6 Å². The number of carbonyl (C=O) groups is 1. The van der Waals surface area contributed by atoms with Crippen LogP contribution in [0.15, 0.2) is 10.7 Å². The van der Waals surface area contributed by atoms with E-state index in [9.17, 15) is 4.79 Å². The Labute approximate surface area is 127 Å². The predicted octanol–water partition coefficient (Wildman–Crippen LogP) is 3.14. The van der Waals surface area contributed by atoms with Crippen LogP contribution in [0.1, 0.15) is 51.5 Å². The van der Waals surface area contributed by atoms with E-state index in [1.165, 1.54) is 13.5 Å². The van der Waals surface area contributed by atoms with Crippen molar-refractivity contribution in [2.24, 2.45) is 0 Å². The minimum absolute atomic E-state index is 0.209. The molecule has 6 heteroatoms. The number of alkyl carbamates (subject to hydrolysis) is 1. The standard InChI is InChI=1S/C12H21N3O3.C3H8/c1-5-15(7-6-13-12(16)17-4)9(2)11-8-14-18-10(11)3;1-3-2/h8-9H,5-7H2,1-4H3,(H,13,16);3H2,1-2H3. The maximum absolute atomic E-state index is 11.0. The highest BCUT2D eigenvalue weighted by molar-refractivity contribution is 5.66. The zero-order chi connectivity index (χ0) is 16.3. The van der Waals surface area contributed by atoms with Crippen LogP contribution in [0.25, 0.3) is 0 Å².